The Kier molecular flexibility index (Phi) is 8.05. The molecule has 3 heterocycles. The van der Waals surface area contributed by atoms with Crippen molar-refractivity contribution in [2.75, 3.05) is 31.5 Å². The SMILES string of the molecule is C=CC(=N/C=C\CC(=C)Nc1cc2cc(-c3nnc(C)s3)ccc2cn1)N1CCN(C(C)C)CC1. The summed E-state index contributed by atoms with van der Waals surface area (Å²) in [5.41, 5.74) is 1.91. The summed E-state index contributed by atoms with van der Waals surface area (Å²) >= 11 is 1.59. The number of aliphatic imine (C=N–C) groups is 1. The quantitative estimate of drug-likeness (QED) is 0.334. The molecule has 1 aromatic carbocycles. The molecule has 1 aliphatic rings. The van der Waals surface area contributed by atoms with E-state index in [0.29, 0.717) is 12.5 Å². The van der Waals surface area contributed by atoms with Crippen LogP contribution in [0.2, 0.25) is 0 Å². The van der Waals surface area contributed by atoms with Crippen molar-refractivity contribution in [1.82, 2.24) is 25.0 Å². The van der Waals surface area contributed by atoms with Gasteiger partial charge in [-0.25, -0.2) is 9.98 Å². The number of piperazine rings is 1. The number of anilines is 1. The Morgan fingerprint density at radius 2 is 1.97 bits per heavy atom. The van der Waals surface area contributed by atoms with Crippen LogP contribution >= 0.6 is 11.3 Å². The van der Waals surface area contributed by atoms with Crippen LogP contribution < -0.4 is 5.32 Å². The van der Waals surface area contributed by atoms with E-state index >= 15 is 0 Å². The fourth-order valence-electron chi connectivity index (χ4n) is 4.04. The van der Waals surface area contributed by atoms with E-state index in [1.165, 1.54) is 0 Å². The van der Waals surface area contributed by atoms with Crippen LogP contribution in [0.15, 0.2) is 72.7 Å². The molecule has 0 amide bonds. The number of fused-ring (bicyclic) bond motifs is 1. The lowest BCUT2D eigenvalue weighted by atomic mass is 10.1. The number of hydrogen-bond donors (Lipinski definition) is 1. The Morgan fingerprint density at radius 1 is 1.17 bits per heavy atom. The highest BCUT2D eigenvalue weighted by molar-refractivity contribution is 7.14. The molecule has 0 bridgehead atoms. The zero-order valence-corrected chi connectivity index (χ0v) is 21.6. The minimum Gasteiger partial charge on any atom is -0.354 e. The lowest BCUT2D eigenvalue weighted by Crippen LogP contribution is -2.50. The van der Waals surface area contributed by atoms with E-state index in [2.05, 4.69) is 80.5 Å². The highest BCUT2D eigenvalue weighted by Crippen LogP contribution is 2.27. The van der Waals surface area contributed by atoms with Gasteiger partial charge in [0.15, 0.2) is 0 Å². The van der Waals surface area contributed by atoms with Gasteiger partial charge in [0.05, 0.1) is 0 Å². The molecule has 0 aliphatic carbocycles. The van der Waals surface area contributed by atoms with Gasteiger partial charge in [-0.05, 0) is 44.4 Å². The second-order valence-corrected chi connectivity index (χ2v) is 10.1. The molecule has 4 rings (SSSR count). The Bertz CT molecular complexity index is 1250. The number of aromatic nitrogens is 3. The third kappa shape index (κ3) is 6.41. The van der Waals surface area contributed by atoms with Gasteiger partial charge in [0.2, 0.25) is 0 Å². The summed E-state index contributed by atoms with van der Waals surface area (Å²) in [6, 6.07) is 8.86. The summed E-state index contributed by atoms with van der Waals surface area (Å²) in [4.78, 5) is 13.9. The molecule has 35 heavy (non-hydrogen) atoms. The Balaban J connectivity index is 1.34. The first kappa shape index (κ1) is 24.8. The standard InChI is InChI=1S/C27H33N7S/c1-6-26(34-14-12-33(13-15-34)19(2)3)28-11-7-8-20(4)30-25-17-24-16-22(9-10-23(24)18-29-25)27-32-31-21(5)35-27/h6-7,9-11,16-19H,1,4,8,12-15H2,2-3,5H3,(H,29,30)/b11-7-,28-26?. The van der Waals surface area contributed by atoms with Crippen molar-refractivity contribution in [1.29, 1.82) is 0 Å². The summed E-state index contributed by atoms with van der Waals surface area (Å²) in [6.07, 6.45) is 8.19. The van der Waals surface area contributed by atoms with Crippen LogP contribution in [0.25, 0.3) is 21.3 Å². The number of benzene rings is 1. The molecule has 0 unspecified atom stereocenters. The Morgan fingerprint density at radius 3 is 2.66 bits per heavy atom. The van der Waals surface area contributed by atoms with Gasteiger partial charge in [-0.1, -0.05) is 42.7 Å². The van der Waals surface area contributed by atoms with Gasteiger partial charge in [0.1, 0.15) is 21.7 Å². The molecule has 0 radical (unpaired) electrons. The molecule has 1 saturated heterocycles. The number of hydrogen-bond acceptors (Lipinski definition) is 7. The fourth-order valence-corrected chi connectivity index (χ4v) is 4.73. The zero-order chi connectivity index (χ0) is 24.8. The number of nitrogens with one attached hydrogen (secondary N) is 1. The second-order valence-electron chi connectivity index (χ2n) is 8.88. The summed E-state index contributed by atoms with van der Waals surface area (Å²) < 4.78 is 0. The third-order valence-corrected chi connectivity index (χ3v) is 6.91. The van der Waals surface area contributed by atoms with Crippen LogP contribution in [0.1, 0.15) is 25.3 Å². The Hall–Kier alpha value is -3.36. The number of amidine groups is 1. The van der Waals surface area contributed by atoms with Crippen LogP contribution in [-0.4, -0.2) is 63.0 Å². The van der Waals surface area contributed by atoms with Gasteiger partial charge >= 0.3 is 0 Å². The summed E-state index contributed by atoms with van der Waals surface area (Å²) in [7, 11) is 0. The predicted octanol–water partition coefficient (Wildman–Crippen LogP) is 5.50. The molecule has 1 fully saturated rings. The lowest BCUT2D eigenvalue weighted by Gasteiger charge is -2.37. The normalized spacial score (nSPS) is 15.3. The van der Waals surface area contributed by atoms with Crippen molar-refractivity contribution in [2.24, 2.45) is 4.99 Å². The first-order valence-electron chi connectivity index (χ1n) is 11.9. The van der Waals surface area contributed by atoms with E-state index in [9.17, 15) is 0 Å². The molecule has 1 aliphatic heterocycles. The van der Waals surface area contributed by atoms with E-state index in [-0.39, 0.29) is 0 Å². The van der Waals surface area contributed by atoms with Gasteiger partial charge in [0.25, 0.3) is 0 Å². The van der Waals surface area contributed by atoms with Gasteiger partial charge in [-0.3, -0.25) is 4.90 Å². The molecule has 0 saturated carbocycles. The van der Waals surface area contributed by atoms with E-state index in [1.54, 1.807) is 11.3 Å². The minimum atomic E-state index is 0.582. The highest BCUT2D eigenvalue weighted by Gasteiger charge is 2.19. The Labute approximate surface area is 211 Å². The smallest absolute Gasteiger partial charge is 0.147 e. The molecular weight excluding hydrogens is 454 g/mol. The predicted molar refractivity (Wildman–Crippen MR) is 148 cm³/mol. The van der Waals surface area contributed by atoms with E-state index < -0.39 is 0 Å². The molecule has 1 N–H and O–H groups in total. The van der Waals surface area contributed by atoms with Crippen molar-refractivity contribution in [2.45, 2.75) is 33.2 Å². The molecule has 0 atom stereocenters. The maximum Gasteiger partial charge on any atom is 0.147 e. The summed E-state index contributed by atoms with van der Waals surface area (Å²) in [6.45, 7) is 18.6. The van der Waals surface area contributed by atoms with E-state index in [4.69, 9.17) is 0 Å². The van der Waals surface area contributed by atoms with Crippen molar-refractivity contribution in [3.63, 3.8) is 0 Å². The maximum absolute atomic E-state index is 4.63. The minimum absolute atomic E-state index is 0.582. The van der Waals surface area contributed by atoms with Gasteiger partial charge in [-0.2, -0.15) is 0 Å². The average Bonchev–Trinajstić information content (AvgIpc) is 3.30. The van der Waals surface area contributed by atoms with Crippen molar-refractivity contribution >= 4 is 33.8 Å². The van der Waals surface area contributed by atoms with Crippen molar-refractivity contribution in [3.05, 3.63) is 72.7 Å². The molecule has 3 aromatic rings. The summed E-state index contributed by atoms with van der Waals surface area (Å²) in [5, 5.41) is 15.7. The molecule has 8 heteroatoms. The van der Waals surface area contributed by atoms with Crippen molar-refractivity contribution in [3.8, 4) is 10.6 Å². The van der Waals surface area contributed by atoms with Crippen LogP contribution in [0.4, 0.5) is 5.82 Å². The van der Waals surface area contributed by atoms with Crippen LogP contribution in [0.5, 0.6) is 0 Å². The van der Waals surface area contributed by atoms with Gasteiger partial charge in [0, 0.05) is 67.7 Å². The highest BCUT2D eigenvalue weighted by atomic mass is 32.1. The van der Waals surface area contributed by atoms with E-state index in [1.807, 2.05) is 37.5 Å². The fraction of sp³-hybridized carbons (Fsp3) is 0.333. The number of pyridine rings is 1. The molecule has 0 spiro atoms. The van der Waals surface area contributed by atoms with Crippen LogP contribution in [-0.2, 0) is 0 Å². The number of nitrogens with zero attached hydrogens (tertiary/aromatic N) is 6. The van der Waals surface area contributed by atoms with E-state index in [0.717, 1.165) is 69.9 Å². The van der Waals surface area contributed by atoms with Crippen molar-refractivity contribution < 1.29 is 0 Å². The molecule has 182 valence electrons. The first-order chi connectivity index (χ1) is 16.9. The zero-order valence-electron chi connectivity index (χ0n) is 20.7. The maximum atomic E-state index is 4.63. The number of rotatable bonds is 8. The molecular formula is C27H33N7S. The lowest BCUT2D eigenvalue weighted by molar-refractivity contribution is 0.149. The van der Waals surface area contributed by atoms with Crippen LogP contribution in [0, 0.1) is 6.92 Å². The second kappa shape index (κ2) is 11.4. The number of aryl methyl sites for hydroxylation is 1. The van der Waals surface area contributed by atoms with Gasteiger partial charge < -0.3 is 10.2 Å². The number of allylic oxidation sites excluding steroid dienone is 1. The largest absolute Gasteiger partial charge is 0.354 e. The average molecular weight is 488 g/mol. The van der Waals surface area contributed by atoms with Gasteiger partial charge in [-0.15, -0.1) is 10.2 Å². The summed E-state index contributed by atoms with van der Waals surface area (Å²) in [5.74, 6) is 1.68. The third-order valence-electron chi connectivity index (χ3n) is 6.03. The monoisotopic (exact) mass is 487 g/mol. The topological polar surface area (TPSA) is 69.5 Å². The first-order valence-corrected chi connectivity index (χ1v) is 12.7. The molecule has 7 nitrogen and oxygen atoms in total. The molecule has 2 aromatic heterocycles. The van der Waals surface area contributed by atoms with Crippen LogP contribution in [0.3, 0.4) is 0 Å².